The molecule has 0 aliphatic heterocycles. The van der Waals surface area contributed by atoms with Gasteiger partial charge in [-0.15, -0.1) is 0 Å². The maximum absolute atomic E-state index is 12.6. The van der Waals surface area contributed by atoms with Crippen molar-refractivity contribution >= 4 is 19.8 Å². The van der Waals surface area contributed by atoms with Crippen LogP contribution in [0.2, 0.25) is 0 Å². The summed E-state index contributed by atoms with van der Waals surface area (Å²) in [6.07, 6.45) is 50.0. The van der Waals surface area contributed by atoms with E-state index in [9.17, 15) is 19.0 Å². The summed E-state index contributed by atoms with van der Waals surface area (Å²) >= 11 is 0. The van der Waals surface area contributed by atoms with Crippen LogP contribution in [0.4, 0.5) is 0 Å². The fourth-order valence-electron chi connectivity index (χ4n) is 7.87. The molecule has 0 aromatic rings. The number of phosphoric ester groups is 1. The molecule has 2 atom stereocenters. The van der Waals surface area contributed by atoms with Crippen LogP contribution in [0.25, 0.3) is 0 Å². The number of esters is 2. The third kappa shape index (κ3) is 46.5. The Labute approximate surface area is 371 Å². The molecular formula is C50H100NO8P. The van der Waals surface area contributed by atoms with Gasteiger partial charge < -0.3 is 20.1 Å². The van der Waals surface area contributed by atoms with Crippen LogP contribution in [0.5, 0.6) is 0 Å². The van der Waals surface area contributed by atoms with E-state index in [0.29, 0.717) is 6.42 Å². The van der Waals surface area contributed by atoms with E-state index >= 15 is 0 Å². The number of hydrogen-bond donors (Lipinski definition) is 2. The molecule has 0 aromatic heterocycles. The summed E-state index contributed by atoms with van der Waals surface area (Å²) in [6, 6.07) is 0. The van der Waals surface area contributed by atoms with Crippen molar-refractivity contribution in [2.45, 2.75) is 283 Å². The summed E-state index contributed by atoms with van der Waals surface area (Å²) in [6.45, 7) is 3.81. The molecule has 0 aromatic carbocycles. The average Bonchev–Trinajstić information content (AvgIpc) is 3.24. The minimum Gasteiger partial charge on any atom is -0.462 e. The molecule has 0 fully saturated rings. The molecule has 0 rings (SSSR count). The van der Waals surface area contributed by atoms with Crippen molar-refractivity contribution in [3.05, 3.63) is 0 Å². The summed E-state index contributed by atoms with van der Waals surface area (Å²) in [5, 5.41) is 0. The Balaban J connectivity index is 3.97. The van der Waals surface area contributed by atoms with Gasteiger partial charge in [-0.3, -0.25) is 18.6 Å². The molecule has 60 heavy (non-hydrogen) atoms. The minimum atomic E-state index is -4.37. The van der Waals surface area contributed by atoms with Crippen molar-refractivity contribution in [2.24, 2.45) is 5.73 Å². The van der Waals surface area contributed by atoms with E-state index in [-0.39, 0.29) is 38.6 Å². The summed E-state index contributed by atoms with van der Waals surface area (Å²) in [5.74, 6) is -0.806. The number of unbranched alkanes of at least 4 members (excludes halogenated alkanes) is 37. The number of carbonyl (C=O) groups is 2. The van der Waals surface area contributed by atoms with E-state index in [1.54, 1.807) is 0 Å². The van der Waals surface area contributed by atoms with Crippen LogP contribution in [0, 0.1) is 0 Å². The van der Waals surface area contributed by atoms with Crippen molar-refractivity contribution in [1.29, 1.82) is 0 Å². The lowest BCUT2D eigenvalue weighted by Gasteiger charge is -2.19. The van der Waals surface area contributed by atoms with Gasteiger partial charge in [-0.1, -0.05) is 251 Å². The molecule has 0 radical (unpaired) electrons. The predicted octanol–water partition coefficient (Wildman–Crippen LogP) is 15.6. The first kappa shape index (κ1) is 59.0. The monoisotopic (exact) mass is 874 g/mol. The van der Waals surface area contributed by atoms with Crippen molar-refractivity contribution in [1.82, 2.24) is 0 Å². The predicted molar refractivity (Wildman–Crippen MR) is 252 cm³/mol. The molecule has 0 aliphatic rings. The second kappa shape index (κ2) is 47.5. The van der Waals surface area contributed by atoms with Gasteiger partial charge in [-0.25, -0.2) is 4.57 Å². The number of ether oxygens (including phenoxy) is 2. The van der Waals surface area contributed by atoms with Crippen molar-refractivity contribution in [3.8, 4) is 0 Å². The van der Waals surface area contributed by atoms with Gasteiger partial charge >= 0.3 is 19.8 Å². The highest BCUT2D eigenvalue weighted by molar-refractivity contribution is 7.47. The van der Waals surface area contributed by atoms with E-state index in [4.69, 9.17) is 24.3 Å². The first-order valence-corrected chi connectivity index (χ1v) is 27.5. The van der Waals surface area contributed by atoms with Crippen LogP contribution in [-0.2, 0) is 32.7 Å². The molecule has 10 heteroatoms. The summed E-state index contributed by atoms with van der Waals surface area (Å²) in [7, 11) is -4.37. The van der Waals surface area contributed by atoms with E-state index < -0.39 is 26.5 Å². The maximum atomic E-state index is 12.6. The largest absolute Gasteiger partial charge is 0.472 e. The SMILES string of the molecule is CCCCCCCCCCCCCCCCCCCCCCCC(=O)OCC(COP(=O)(O)OCCN)OC(=O)CCCCCCCCCCCCCCCCCCCC. The van der Waals surface area contributed by atoms with Gasteiger partial charge in [0.2, 0.25) is 0 Å². The van der Waals surface area contributed by atoms with E-state index in [2.05, 4.69) is 13.8 Å². The molecule has 3 N–H and O–H groups in total. The molecular weight excluding hydrogens is 774 g/mol. The molecule has 9 nitrogen and oxygen atoms in total. The first-order chi connectivity index (χ1) is 29.3. The molecule has 0 aliphatic carbocycles. The molecule has 0 amide bonds. The fourth-order valence-corrected chi connectivity index (χ4v) is 8.64. The lowest BCUT2D eigenvalue weighted by atomic mass is 10.0. The molecule has 358 valence electrons. The van der Waals surface area contributed by atoms with Gasteiger partial charge in [0, 0.05) is 19.4 Å². The Morgan fingerprint density at radius 1 is 0.433 bits per heavy atom. The first-order valence-electron chi connectivity index (χ1n) is 26.0. The third-order valence-corrected chi connectivity index (χ3v) is 12.7. The lowest BCUT2D eigenvalue weighted by molar-refractivity contribution is -0.161. The van der Waals surface area contributed by atoms with Crippen LogP contribution in [0.15, 0.2) is 0 Å². The van der Waals surface area contributed by atoms with Crippen molar-refractivity contribution < 1.29 is 37.6 Å². The number of nitrogens with two attached hydrogens (primary N) is 1. The third-order valence-electron chi connectivity index (χ3n) is 11.7. The minimum absolute atomic E-state index is 0.0584. The molecule has 0 spiro atoms. The second-order valence-electron chi connectivity index (χ2n) is 17.8. The van der Waals surface area contributed by atoms with Crippen LogP contribution < -0.4 is 5.73 Å². The van der Waals surface area contributed by atoms with E-state index in [1.165, 1.54) is 212 Å². The highest BCUT2D eigenvalue weighted by Gasteiger charge is 2.26. The van der Waals surface area contributed by atoms with Gasteiger partial charge in [0.15, 0.2) is 6.10 Å². The van der Waals surface area contributed by atoms with Gasteiger partial charge in [-0.2, -0.15) is 0 Å². The zero-order valence-corrected chi connectivity index (χ0v) is 40.6. The van der Waals surface area contributed by atoms with Crippen LogP contribution in [-0.4, -0.2) is 49.3 Å². The van der Waals surface area contributed by atoms with Crippen molar-refractivity contribution in [2.75, 3.05) is 26.4 Å². The standard InChI is InChI=1S/C50H100NO8P/c1-3-5-7-9-11-13-15-17-19-21-23-24-25-27-28-30-32-34-36-38-40-42-49(52)56-46-48(47-58-60(54,55)57-45-44-51)59-50(53)43-41-39-37-35-33-31-29-26-22-20-18-16-14-12-10-8-6-4-2/h48H,3-47,51H2,1-2H3,(H,54,55). The quantitative estimate of drug-likeness (QED) is 0.0348. The van der Waals surface area contributed by atoms with E-state index in [0.717, 1.165) is 32.1 Å². The lowest BCUT2D eigenvalue weighted by Crippen LogP contribution is -2.29. The van der Waals surface area contributed by atoms with Crippen LogP contribution in [0.3, 0.4) is 0 Å². The number of phosphoric acid groups is 1. The Kier molecular flexibility index (Phi) is 46.7. The molecule has 0 saturated carbocycles. The maximum Gasteiger partial charge on any atom is 0.472 e. The normalized spacial score (nSPS) is 13.1. The Hall–Kier alpha value is -0.990. The highest BCUT2D eigenvalue weighted by atomic mass is 31.2. The zero-order valence-electron chi connectivity index (χ0n) is 39.7. The Bertz CT molecular complexity index is 953. The van der Waals surface area contributed by atoms with Gasteiger partial charge in [0.05, 0.1) is 13.2 Å². The number of carbonyl (C=O) groups excluding carboxylic acids is 2. The topological polar surface area (TPSA) is 134 Å². The molecule has 2 unspecified atom stereocenters. The highest BCUT2D eigenvalue weighted by Crippen LogP contribution is 2.43. The molecule has 0 heterocycles. The number of rotatable bonds is 50. The molecule has 0 saturated heterocycles. The smallest absolute Gasteiger partial charge is 0.462 e. The van der Waals surface area contributed by atoms with Crippen LogP contribution in [0.1, 0.15) is 277 Å². The Morgan fingerprint density at radius 2 is 0.717 bits per heavy atom. The van der Waals surface area contributed by atoms with E-state index in [1.807, 2.05) is 0 Å². The zero-order chi connectivity index (χ0) is 43.9. The summed E-state index contributed by atoms with van der Waals surface area (Å²) < 4.78 is 32.9. The fraction of sp³-hybridized carbons (Fsp3) is 0.960. The van der Waals surface area contributed by atoms with Gasteiger partial charge in [-0.05, 0) is 12.8 Å². The Morgan fingerprint density at radius 3 is 1.02 bits per heavy atom. The summed E-state index contributed by atoms with van der Waals surface area (Å²) in [4.78, 5) is 35.0. The molecule has 0 bridgehead atoms. The average molecular weight is 874 g/mol. The second-order valence-corrected chi connectivity index (χ2v) is 19.2. The van der Waals surface area contributed by atoms with Crippen LogP contribution >= 0.6 is 7.82 Å². The van der Waals surface area contributed by atoms with Crippen molar-refractivity contribution in [3.63, 3.8) is 0 Å². The van der Waals surface area contributed by atoms with Gasteiger partial charge in [0.1, 0.15) is 6.61 Å². The van der Waals surface area contributed by atoms with Gasteiger partial charge in [0.25, 0.3) is 0 Å². The summed E-state index contributed by atoms with van der Waals surface area (Å²) in [5.41, 5.74) is 5.37. The number of hydrogen-bond acceptors (Lipinski definition) is 8.